The van der Waals surface area contributed by atoms with Crippen molar-refractivity contribution in [2.75, 3.05) is 6.61 Å². The number of amidine groups is 1. The molecular formula is C21H20FN7O2. The van der Waals surface area contributed by atoms with Gasteiger partial charge in [0.2, 0.25) is 5.91 Å². The number of fused-ring (bicyclic) bond motifs is 2. The molecule has 3 heterocycles. The number of aromatic nitrogens is 4. The van der Waals surface area contributed by atoms with Gasteiger partial charge >= 0.3 is 0 Å². The van der Waals surface area contributed by atoms with Crippen molar-refractivity contribution in [1.82, 2.24) is 25.3 Å². The summed E-state index contributed by atoms with van der Waals surface area (Å²) < 4.78 is 19.9. The van der Waals surface area contributed by atoms with Gasteiger partial charge < -0.3 is 25.8 Å². The number of carbonyl (C=O) groups excluding carboxylic acids is 1. The largest absolute Gasteiger partial charge is 0.489 e. The summed E-state index contributed by atoms with van der Waals surface area (Å²) in [6.45, 7) is 0.258. The monoisotopic (exact) mass is 421 g/mol. The number of halogens is 1. The molecule has 2 aromatic carbocycles. The highest BCUT2D eigenvalue weighted by Crippen LogP contribution is 2.27. The van der Waals surface area contributed by atoms with Crippen LogP contribution in [0.4, 0.5) is 4.39 Å². The lowest BCUT2D eigenvalue weighted by atomic mass is 10.2. The second-order valence-electron chi connectivity index (χ2n) is 7.60. The Morgan fingerprint density at radius 1 is 1.19 bits per heavy atom. The Balaban J connectivity index is 1.39. The number of rotatable bonds is 6. The number of hydrogen-bond acceptors (Lipinski definition) is 5. The molecule has 4 aromatic rings. The summed E-state index contributed by atoms with van der Waals surface area (Å²) in [5.41, 5.74) is 8.73. The highest BCUT2D eigenvalue weighted by molar-refractivity contribution is 5.97. The van der Waals surface area contributed by atoms with E-state index < -0.39 is 5.82 Å². The van der Waals surface area contributed by atoms with Gasteiger partial charge in [-0.2, -0.15) is 0 Å². The SMILES string of the molecule is N=C(N)c1ccc2nc(Cc3nc4c(OCC5CCC(=O)N5)cc(F)cc4[nH]3)[nH]c2c1. The third kappa shape index (κ3) is 3.79. The van der Waals surface area contributed by atoms with Crippen molar-refractivity contribution in [2.45, 2.75) is 25.3 Å². The number of carbonyl (C=O) groups is 1. The molecule has 158 valence electrons. The number of nitrogens with one attached hydrogen (secondary N) is 4. The van der Waals surface area contributed by atoms with Crippen molar-refractivity contribution in [2.24, 2.45) is 5.73 Å². The van der Waals surface area contributed by atoms with Crippen molar-refractivity contribution in [3.63, 3.8) is 0 Å². The molecule has 0 spiro atoms. The van der Waals surface area contributed by atoms with Gasteiger partial charge in [-0.1, -0.05) is 0 Å². The topological polar surface area (TPSA) is 146 Å². The van der Waals surface area contributed by atoms with E-state index in [0.717, 1.165) is 11.0 Å². The first-order chi connectivity index (χ1) is 14.9. The van der Waals surface area contributed by atoms with Crippen LogP contribution in [0, 0.1) is 11.2 Å². The number of nitrogens with two attached hydrogens (primary N) is 1. The molecule has 6 N–H and O–H groups in total. The van der Waals surface area contributed by atoms with Gasteiger partial charge in [-0.05, 0) is 30.7 Å². The number of benzene rings is 2. The fraction of sp³-hybridized carbons (Fsp3) is 0.238. The number of nitrogens with zero attached hydrogens (tertiary/aromatic N) is 2. The van der Waals surface area contributed by atoms with Crippen LogP contribution in [-0.4, -0.2) is 44.3 Å². The van der Waals surface area contributed by atoms with Crippen LogP contribution >= 0.6 is 0 Å². The predicted octanol–water partition coefficient (Wildman–Crippen LogP) is 2.11. The van der Waals surface area contributed by atoms with Crippen molar-refractivity contribution < 1.29 is 13.9 Å². The lowest BCUT2D eigenvalue weighted by molar-refractivity contribution is -0.119. The zero-order chi connectivity index (χ0) is 21.5. The Labute approximate surface area is 175 Å². The Hall–Kier alpha value is -3.95. The number of aromatic amines is 2. The molecule has 10 heteroatoms. The Kier molecular flexibility index (Phi) is 4.54. The third-order valence-corrected chi connectivity index (χ3v) is 5.27. The van der Waals surface area contributed by atoms with Crippen molar-refractivity contribution in [3.05, 3.63) is 53.4 Å². The summed E-state index contributed by atoms with van der Waals surface area (Å²) in [4.78, 5) is 26.8. The molecule has 0 saturated carbocycles. The van der Waals surface area contributed by atoms with Crippen molar-refractivity contribution in [1.29, 1.82) is 5.41 Å². The smallest absolute Gasteiger partial charge is 0.220 e. The standard InChI is InChI=1S/C21H20FN7O2/c22-11-6-15-20(16(7-11)31-9-12-2-4-19(30)25-12)29-18(28-15)8-17-26-13-3-1-10(21(23)24)5-14(13)27-17/h1,3,5-7,12H,2,4,8-9H2,(H3,23,24)(H,25,30)(H,26,27)(H,28,29). The van der Waals surface area contributed by atoms with Gasteiger partial charge in [-0.25, -0.2) is 14.4 Å². The molecule has 5 rings (SSSR count). The number of H-pyrrole nitrogens is 2. The number of ether oxygens (including phenoxy) is 1. The van der Waals surface area contributed by atoms with Crippen LogP contribution in [0.3, 0.4) is 0 Å². The van der Waals surface area contributed by atoms with Gasteiger partial charge in [0.25, 0.3) is 0 Å². The molecule has 9 nitrogen and oxygen atoms in total. The van der Waals surface area contributed by atoms with Crippen LogP contribution in [0.1, 0.15) is 30.1 Å². The first kappa shape index (κ1) is 19.0. The number of amides is 1. The Morgan fingerprint density at radius 3 is 2.77 bits per heavy atom. The number of hydrogen-bond donors (Lipinski definition) is 5. The van der Waals surface area contributed by atoms with E-state index in [-0.39, 0.29) is 24.4 Å². The summed E-state index contributed by atoms with van der Waals surface area (Å²) in [7, 11) is 0. The average molecular weight is 421 g/mol. The summed E-state index contributed by atoms with van der Waals surface area (Å²) in [6, 6.07) is 7.90. The van der Waals surface area contributed by atoms with E-state index in [2.05, 4.69) is 25.3 Å². The van der Waals surface area contributed by atoms with E-state index in [9.17, 15) is 9.18 Å². The van der Waals surface area contributed by atoms with E-state index in [1.807, 2.05) is 0 Å². The number of imidazole rings is 2. The molecule has 31 heavy (non-hydrogen) atoms. The van der Waals surface area contributed by atoms with Crippen LogP contribution < -0.4 is 15.8 Å². The lowest BCUT2D eigenvalue weighted by Gasteiger charge is -2.12. The van der Waals surface area contributed by atoms with Crippen LogP contribution in [0.25, 0.3) is 22.1 Å². The van der Waals surface area contributed by atoms with Gasteiger partial charge in [0.1, 0.15) is 41.2 Å². The predicted molar refractivity (Wildman–Crippen MR) is 113 cm³/mol. The molecule has 0 aliphatic carbocycles. The van der Waals surface area contributed by atoms with Crippen molar-refractivity contribution in [3.8, 4) is 5.75 Å². The van der Waals surface area contributed by atoms with E-state index >= 15 is 0 Å². The van der Waals surface area contributed by atoms with Crippen LogP contribution in [0.5, 0.6) is 5.75 Å². The summed E-state index contributed by atoms with van der Waals surface area (Å²) in [5, 5.41) is 10.4. The molecule has 0 bridgehead atoms. The van der Waals surface area contributed by atoms with Crippen LogP contribution in [0.15, 0.2) is 30.3 Å². The molecule has 0 radical (unpaired) electrons. The Morgan fingerprint density at radius 2 is 2.00 bits per heavy atom. The number of nitrogen functional groups attached to an aromatic ring is 1. The first-order valence-electron chi connectivity index (χ1n) is 9.88. The zero-order valence-electron chi connectivity index (χ0n) is 16.5. The molecular weight excluding hydrogens is 401 g/mol. The fourth-order valence-electron chi connectivity index (χ4n) is 3.76. The molecule has 1 saturated heterocycles. The minimum atomic E-state index is -0.436. The quantitative estimate of drug-likeness (QED) is 0.239. The summed E-state index contributed by atoms with van der Waals surface area (Å²) in [6.07, 6.45) is 1.55. The minimum Gasteiger partial charge on any atom is -0.489 e. The molecule has 1 aliphatic rings. The molecule has 1 amide bonds. The Bertz CT molecular complexity index is 1330. The first-order valence-corrected chi connectivity index (χ1v) is 9.88. The summed E-state index contributed by atoms with van der Waals surface area (Å²) in [5.74, 6) is 1.16. The van der Waals surface area contributed by atoms with Crippen LogP contribution in [0.2, 0.25) is 0 Å². The molecule has 2 aromatic heterocycles. The van der Waals surface area contributed by atoms with Gasteiger partial charge in [0.05, 0.1) is 29.0 Å². The van der Waals surface area contributed by atoms with Gasteiger partial charge in [0, 0.05) is 18.1 Å². The molecule has 1 unspecified atom stereocenters. The molecule has 1 atom stereocenters. The second kappa shape index (κ2) is 7.38. The van der Waals surface area contributed by atoms with E-state index in [1.165, 1.54) is 12.1 Å². The van der Waals surface area contributed by atoms with Crippen LogP contribution in [-0.2, 0) is 11.2 Å². The highest BCUT2D eigenvalue weighted by atomic mass is 19.1. The second-order valence-corrected chi connectivity index (χ2v) is 7.60. The van der Waals surface area contributed by atoms with E-state index in [1.54, 1.807) is 18.2 Å². The zero-order valence-corrected chi connectivity index (χ0v) is 16.5. The summed E-state index contributed by atoms with van der Waals surface area (Å²) >= 11 is 0. The average Bonchev–Trinajstić information content (AvgIpc) is 3.43. The highest BCUT2D eigenvalue weighted by Gasteiger charge is 2.22. The maximum Gasteiger partial charge on any atom is 0.220 e. The maximum absolute atomic E-state index is 14.1. The van der Waals surface area contributed by atoms with Gasteiger partial charge in [0.15, 0.2) is 0 Å². The minimum absolute atomic E-state index is 0.00121. The fourth-order valence-corrected chi connectivity index (χ4v) is 3.76. The maximum atomic E-state index is 14.1. The lowest BCUT2D eigenvalue weighted by Crippen LogP contribution is -2.30. The van der Waals surface area contributed by atoms with Gasteiger partial charge in [-0.15, -0.1) is 0 Å². The molecule has 1 aliphatic heterocycles. The van der Waals surface area contributed by atoms with Gasteiger partial charge in [-0.3, -0.25) is 10.2 Å². The normalized spacial score (nSPS) is 16.2. The van der Waals surface area contributed by atoms with Crippen molar-refractivity contribution >= 4 is 33.8 Å². The third-order valence-electron chi connectivity index (χ3n) is 5.27. The van der Waals surface area contributed by atoms with E-state index in [4.69, 9.17) is 15.9 Å². The molecule has 1 fully saturated rings. The van der Waals surface area contributed by atoms with E-state index in [0.29, 0.717) is 53.3 Å².